The summed E-state index contributed by atoms with van der Waals surface area (Å²) in [6, 6.07) is 0. The Morgan fingerprint density at radius 1 is 0.352 bits per heavy atom. The first-order chi connectivity index (χ1) is 43.0. The Morgan fingerprint density at radius 3 is 0.909 bits per heavy atom. The number of carbonyl (C=O) groups is 2. The van der Waals surface area contributed by atoms with E-state index in [0.29, 0.717) is 17.4 Å². The Morgan fingerprint density at radius 2 is 0.614 bits per heavy atom. The van der Waals surface area contributed by atoms with Crippen molar-refractivity contribution in [3.05, 3.63) is 122 Å². The van der Waals surface area contributed by atoms with Crippen molar-refractivity contribution in [3.8, 4) is 0 Å². The standard InChI is InChI=1S/C78H136NO8P/c1-6-8-10-12-14-16-18-20-22-24-26-28-30-32-33-34-35-36-37-38-39-40-41-42-43-44-45-47-48-50-52-54-56-58-60-62-64-66-68-70-77(80)84-74-76(75-86-88(82,83)85-73-72-79(3,4)5)87-78(81)71-69-67-65-63-61-59-57-55-53-51-49-46-31-29-27-25-23-21-19-17-15-13-11-9-7-2/h8-11,14-17,20-23,26-29,46,49,53,55,76H,6-7,12-13,18-19,24-25,30-45,47-48,50-52,54,56-75H2,1-5H3/b10-8-,11-9-,16-14-,17-15-,22-20-,23-21-,28-26-,29-27-,49-46-,55-53-. The molecule has 0 aromatic rings. The van der Waals surface area contributed by atoms with Gasteiger partial charge < -0.3 is 27.9 Å². The van der Waals surface area contributed by atoms with Crippen LogP contribution in [0, 0.1) is 0 Å². The summed E-state index contributed by atoms with van der Waals surface area (Å²) in [6.45, 7) is 4.02. The fourth-order valence-electron chi connectivity index (χ4n) is 10.0. The molecule has 0 amide bonds. The first-order valence-corrected chi connectivity index (χ1v) is 37.7. The van der Waals surface area contributed by atoms with Gasteiger partial charge in [0.05, 0.1) is 27.7 Å². The highest BCUT2D eigenvalue weighted by molar-refractivity contribution is 7.45. The highest BCUT2D eigenvalue weighted by atomic mass is 31.2. The van der Waals surface area contributed by atoms with Crippen molar-refractivity contribution in [1.29, 1.82) is 0 Å². The lowest BCUT2D eigenvalue weighted by Crippen LogP contribution is -2.37. The number of phosphoric ester groups is 1. The molecule has 0 N–H and O–H groups in total. The van der Waals surface area contributed by atoms with Crippen molar-refractivity contribution in [1.82, 2.24) is 0 Å². The Labute approximate surface area is 543 Å². The molecule has 0 aromatic heterocycles. The maximum atomic E-state index is 12.9. The molecule has 88 heavy (non-hydrogen) atoms. The van der Waals surface area contributed by atoms with Crippen LogP contribution >= 0.6 is 7.82 Å². The number of phosphoric acid groups is 1. The second-order valence-corrected chi connectivity index (χ2v) is 26.6. The summed E-state index contributed by atoms with van der Waals surface area (Å²) < 4.78 is 34.3. The Balaban J connectivity index is 3.98. The molecule has 0 saturated heterocycles. The number of quaternary nitrogens is 1. The third-order valence-electron chi connectivity index (χ3n) is 15.5. The third-order valence-corrected chi connectivity index (χ3v) is 16.4. The summed E-state index contributed by atoms with van der Waals surface area (Å²) in [5, 5.41) is 0. The van der Waals surface area contributed by atoms with Gasteiger partial charge in [0.1, 0.15) is 19.8 Å². The van der Waals surface area contributed by atoms with E-state index in [2.05, 4.69) is 135 Å². The molecule has 0 aromatic carbocycles. The van der Waals surface area contributed by atoms with Gasteiger partial charge in [-0.15, -0.1) is 0 Å². The molecule has 0 aliphatic rings. The number of esters is 2. The third kappa shape index (κ3) is 71.5. The zero-order valence-corrected chi connectivity index (χ0v) is 58.5. The van der Waals surface area contributed by atoms with E-state index in [1.807, 2.05) is 21.1 Å². The van der Waals surface area contributed by atoms with Gasteiger partial charge in [-0.25, -0.2) is 0 Å². The summed E-state index contributed by atoms with van der Waals surface area (Å²) in [5.74, 6) is -0.845. The van der Waals surface area contributed by atoms with Crippen LogP contribution < -0.4 is 4.89 Å². The van der Waals surface area contributed by atoms with E-state index in [4.69, 9.17) is 18.5 Å². The lowest BCUT2D eigenvalue weighted by atomic mass is 10.0. The van der Waals surface area contributed by atoms with E-state index < -0.39 is 26.5 Å². The number of likely N-dealkylation sites (N-methyl/N-ethyl adjacent to an activating group) is 1. The van der Waals surface area contributed by atoms with Gasteiger partial charge in [-0.2, -0.15) is 0 Å². The number of rotatable bonds is 66. The Bertz CT molecular complexity index is 1900. The van der Waals surface area contributed by atoms with E-state index in [-0.39, 0.29) is 32.0 Å². The van der Waals surface area contributed by atoms with Crippen LogP contribution in [0.15, 0.2) is 122 Å². The molecule has 0 saturated carbocycles. The summed E-state index contributed by atoms with van der Waals surface area (Å²) >= 11 is 0. The zero-order valence-electron chi connectivity index (χ0n) is 57.6. The molecule has 0 heterocycles. The SMILES string of the molecule is CC/C=C\C/C=C\C/C=C\C/C=C\C/C=C\C/C=C\CCCCCCCCC(=O)OC(COC(=O)CCCCCCCCCCCCCCCCCCCCCCCCCCCC/C=C\C/C=C\C/C=C\C/C=C\CC)COP(=O)([O-])OCC[N+](C)(C)C. The second kappa shape index (κ2) is 67.8. The molecule has 0 rings (SSSR count). The Kier molecular flexibility index (Phi) is 65.0. The number of ether oxygens (including phenoxy) is 2. The number of allylic oxidation sites excluding steroid dienone is 20. The molecule has 10 heteroatoms. The molecule has 9 nitrogen and oxygen atoms in total. The minimum atomic E-state index is -4.65. The number of nitrogens with zero attached hydrogens (tertiary/aromatic N) is 1. The van der Waals surface area contributed by atoms with Gasteiger partial charge >= 0.3 is 11.9 Å². The number of unbranched alkanes of at least 4 members (excludes halogenated alkanes) is 32. The van der Waals surface area contributed by atoms with E-state index in [9.17, 15) is 19.0 Å². The quantitative estimate of drug-likeness (QED) is 0.0195. The van der Waals surface area contributed by atoms with Gasteiger partial charge in [0.25, 0.3) is 7.82 Å². The van der Waals surface area contributed by atoms with Gasteiger partial charge in [-0.1, -0.05) is 315 Å². The molecule has 0 bridgehead atoms. The van der Waals surface area contributed by atoms with Crippen molar-refractivity contribution in [2.75, 3.05) is 47.5 Å². The first-order valence-electron chi connectivity index (χ1n) is 36.2. The van der Waals surface area contributed by atoms with E-state index in [1.165, 1.54) is 154 Å². The van der Waals surface area contributed by atoms with E-state index in [0.717, 1.165) is 122 Å². The van der Waals surface area contributed by atoms with E-state index in [1.54, 1.807) is 0 Å². The first kappa shape index (κ1) is 84.4. The van der Waals surface area contributed by atoms with Crippen molar-refractivity contribution in [3.63, 3.8) is 0 Å². The largest absolute Gasteiger partial charge is 0.756 e. The van der Waals surface area contributed by atoms with Gasteiger partial charge in [-0.3, -0.25) is 14.2 Å². The van der Waals surface area contributed by atoms with Crippen LogP contribution in [-0.2, 0) is 32.7 Å². The number of carbonyl (C=O) groups excluding carboxylic acids is 2. The molecule has 0 spiro atoms. The summed E-state index contributed by atoms with van der Waals surface area (Å²) in [4.78, 5) is 38.1. The van der Waals surface area contributed by atoms with Crippen LogP contribution in [0.1, 0.15) is 309 Å². The monoisotopic (exact) mass is 1250 g/mol. The topological polar surface area (TPSA) is 111 Å². The average Bonchev–Trinajstić information content (AvgIpc) is 3.57. The molecular formula is C78H136NO8P. The fraction of sp³-hybridized carbons (Fsp3) is 0.718. The van der Waals surface area contributed by atoms with Crippen LogP contribution in [0.5, 0.6) is 0 Å². The normalized spacial score (nSPS) is 13.8. The second-order valence-electron chi connectivity index (χ2n) is 25.2. The maximum absolute atomic E-state index is 12.9. The predicted octanol–water partition coefficient (Wildman–Crippen LogP) is 23.2. The lowest BCUT2D eigenvalue weighted by molar-refractivity contribution is -0.870. The smallest absolute Gasteiger partial charge is 0.306 e. The minimum absolute atomic E-state index is 0.0379. The lowest BCUT2D eigenvalue weighted by Gasteiger charge is -2.28. The van der Waals surface area contributed by atoms with Crippen molar-refractivity contribution in [2.45, 2.75) is 315 Å². The summed E-state index contributed by atoms with van der Waals surface area (Å²) in [5.41, 5.74) is 0. The van der Waals surface area contributed by atoms with Crippen LogP contribution in [0.4, 0.5) is 0 Å². The predicted molar refractivity (Wildman–Crippen MR) is 378 cm³/mol. The molecule has 2 unspecified atom stereocenters. The van der Waals surface area contributed by atoms with Gasteiger partial charge in [0.2, 0.25) is 0 Å². The van der Waals surface area contributed by atoms with Gasteiger partial charge in [0, 0.05) is 12.8 Å². The zero-order chi connectivity index (χ0) is 64.1. The van der Waals surface area contributed by atoms with Crippen LogP contribution in [0.25, 0.3) is 0 Å². The fourth-order valence-corrected chi connectivity index (χ4v) is 10.7. The Hall–Kier alpha value is -3.59. The molecule has 0 radical (unpaired) electrons. The summed E-state index contributed by atoms with van der Waals surface area (Å²) in [7, 11) is 1.15. The van der Waals surface area contributed by atoms with Crippen LogP contribution in [0.3, 0.4) is 0 Å². The van der Waals surface area contributed by atoms with Crippen molar-refractivity contribution < 1.29 is 42.1 Å². The number of hydrogen-bond donors (Lipinski definition) is 0. The molecule has 0 fully saturated rings. The van der Waals surface area contributed by atoms with Crippen LogP contribution in [-0.4, -0.2) is 70.0 Å². The molecular weight excluding hydrogens is 1110 g/mol. The molecule has 0 aliphatic heterocycles. The molecule has 0 aliphatic carbocycles. The number of hydrogen-bond acceptors (Lipinski definition) is 8. The highest BCUT2D eigenvalue weighted by Crippen LogP contribution is 2.38. The average molecular weight is 1250 g/mol. The van der Waals surface area contributed by atoms with E-state index >= 15 is 0 Å². The minimum Gasteiger partial charge on any atom is -0.756 e. The van der Waals surface area contributed by atoms with Gasteiger partial charge in [0.15, 0.2) is 6.10 Å². The maximum Gasteiger partial charge on any atom is 0.306 e. The van der Waals surface area contributed by atoms with Crippen molar-refractivity contribution >= 4 is 19.8 Å². The highest BCUT2D eigenvalue weighted by Gasteiger charge is 2.22. The summed E-state index contributed by atoms with van der Waals surface area (Å²) in [6.07, 6.45) is 97.3. The van der Waals surface area contributed by atoms with Gasteiger partial charge in [-0.05, 0) is 103 Å². The molecule has 506 valence electrons. The van der Waals surface area contributed by atoms with Crippen molar-refractivity contribution in [2.24, 2.45) is 0 Å². The molecule has 2 atom stereocenters. The van der Waals surface area contributed by atoms with Crippen LogP contribution in [0.2, 0.25) is 0 Å².